The van der Waals surface area contributed by atoms with E-state index in [9.17, 15) is 13.2 Å². The minimum absolute atomic E-state index is 0. The van der Waals surface area contributed by atoms with Gasteiger partial charge in [-0.15, -0.1) is 12.4 Å². The fourth-order valence-corrected chi connectivity index (χ4v) is 4.57. The van der Waals surface area contributed by atoms with E-state index in [2.05, 4.69) is 17.6 Å². The molecule has 0 saturated carbocycles. The molecule has 0 radical (unpaired) electrons. The van der Waals surface area contributed by atoms with Gasteiger partial charge in [0.2, 0.25) is 15.9 Å². The molecule has 0 aromatic heterocycles. The molecule has 0 unspecified atom stereocenters. The summed E-state index contributed by atoms with van der Waals surface area (Å²) in [6.07, 6.45) is 2.07. The van der Waals surface area contributed by atoms with Crippen LogP contribution in [0.4, 0.5) is 0 Å². The molecular weight excluding hydrogens is 386 g/mol. The van der Waals surface area contributed by atoms with Crippen LogP contribution in [0.5, 0.6) is 0 Å². The number of halogens is 1. The standard InChI is InChI=1S/C19H31N3O3S.ClH/c1-3-12-20-13-14-21-18(23)19(17-8-6-5-7-9-17)10-15-22(16-11-19)26(24,25)4-2;/h5-9,20H,3-4,10-16H2,1-2H3,(H,21,23);1H. The first-order chi connectivity index (χ1) is 12.5. The summed E-state index contributed by atoms with van der Waals surface area (Å²) < 4.78 is 25.8. The number of piperidine rings is 1. The zero-order chi connectivity index (χ0) is 19.0. The number of nitrogens with one attached hydrogen (secondary N) is 2. The van der Waals surface area contributed by atoms with Gasteiger partial charge in [0.25, 0.3) is 0 Å². The Morgan fingerprint density at radius 1 is 1.07 bits per heavy atom. The summed E-state index contributed by atoms with van der Waals surface area (Å²) in [5, 5.41) is 6.33. The maximum atomic E-state index is 13.1. The molecule has 1 aromatic carbocycles. The third kappa shape index (κ3) is 5.91. The Kier molecular flexibility index (Phi) is 9.73. The summed E-state index contributed by atoms with van der Waals surface area (Å²) >= 11 is 0. The molecule has 1 aromatic rings. The van der Waals surface area contributed by atoms with Gasteiger partial charge in [-0.25, -0.2) is 12.7 Å². The lowest BCUT2D eigenvalue weighted by atomic mass is 9.72. The lowest BCUT2D eigenvalue weighted by molar-refractivity contribution is -0.128. The minimum Gasteiger partial charge on any atom is -0.354 e. The van der Waals surface area contributed by atoms with Crippen LogP contribution in [0.25, 0.3) is 0 Å². The number of rotatable bonds is 9. The molecule has 2 N–H and O–H groups in total. The van der Waals surface area contributed by atoms with Gasteiger partial charge < -0.3 is 10.6 Å². The number of hydrogen-bond donors (Lipinski definition) is 2. The van der Waals surface area contributed by atoms with Crippen molar-refractivity contribution in [3.8, 4) is 0 Å². The highest BCUT2D eigenvalue weighted by atomic mass is 35.5. The first-order valence-corrected chi connectivity index (χ1v) is 11.1. The zero-order valence-corrected chi connectivity index (χ0v) is 17.9. The Bertz CT molecular complexity index is 675. The molecule has 1 saturated heterocycles. The lowest BCUT2D eigenvalue weighted by Gasteiger charge is -2.40. The molecule has 8 heteroatoms. The first-order valence-electron chi connectivity index (χ1n) is 9.48. The SMILES string of the molecule is CCCNCCNC(=O)C1(c2ccccc2)CCN(S(=O)(=O)CC)CC1.Cl. The van der Waals surface area contributed by atoms with Crippen LogP contribution >= 0.6 is 12.4 Å². The topological polar surface area (TPSA) is 78.5 Å². The van der Waals surface area contributed by atoms with E-state index in [1.54, 1.807) is 6.92 Å². The van der Waals surface area contributed by atoms with Crippen LogP contribution in [0.15, 0.2) is 30.3 Å². The highest BCUT2D eigenvalue weighted by molar-refractivity contribution is 7.89. The Labute approximate surface area is 169 Å². The second kappa shape index (κ2) is 11.0. The number of nitrogens with zero attached hydrogens (tertiary/aromatic N) is 1. The number of sulfonamides is 1. The molecule has 2 rings (SSSR count). The van der Waals surface area contributed by atoms with Crippen molar-refractivity contribution in [2.24, 2.45) is 0 Å². The van der Waals surface area contributed by atoms with E-state index in [-0.39, 0.29) is 24.1 Å². The molecule has 1 aliphatic heterocycles. The first kappa shape index (κ1) is 23.9. The third-order valence-electron chi connectivity index (χ3n) is 5.11. The van der Waals surface area contributed by atoms with Gasteiger partial charge in [0, 0.05) is 26.2 Å². The van der Waals surface area contributed by atoms with Crippen LogP contribution in [-0.2, 0) is 20.2 Å². The van der Waals surface area contributed by atoms with Gasteiger partial charge in [0.1, 0.15) is 0 Å². The summed E-state index contributed by atoms with van der Waals surface area (Å²) in [7, 11) is -3.21. The van der Waals surface area contributed by atoms with E-state index >= 15 is 0 Å². The Morgan fingerprint density at radius 3 is 2.26 bits per heavy atom. The second-order valence-corrected chi connectivity index (χ2v) is 9.01. The number of benzene rings is 1. The molecule has 0 spiro atoms. The Hall–Kier alpha value is -1.15. The average molecular weight is 418 g/mol. The smallest absolute Gasteiger partial charge is 0.230 e. The van der Waals surface area contributed by atoms with Gasteiger partial charge in [-0.1, -0.05) is 37.3 Å². The number of carbonyl (C=O) groups excluding carboxylic acids is 1. The van der Waals surface area contributed by atoms with Gasteiger partial charge in [-0.05, 0) is 38.3 Å². The molecule has 0 aliphatic carbocycles. The second-order valence-electron chi connectivity index (χ2n) is 6.75. The fourth-order valence-electron chi connectivity index (χ4n) is 3.47. The fraction of sp³-hybridized carbons (Fsp3) is 0.632. The summed E-state index contributed by atoms with van der Waals surface area (Å²) in [5.41, 5.74) is 0.304. The molecule has 1 fully saturated rings. The normalized spacial score (nSPS) is 17.1. The van der Waals surface area contributed by atoms with Crippen molar-refractivity contribution in [3.63, 3.8) is 0 Å². The molecule has 6 nitrogen and oxygen atoms in total. The van der Waals surface area contributed by atoms with Crippen molar-refractivity contribution in [3.05, 3.63) is 35.9 Å². The van der Waals surface area contributed by atoms with Gasteiger partial charge in [0.15, 0.2) is 0 Å². The van der Waals surface area contributed by atoms with E-state index < -0.39 is 15.4 Å². The van der Waals surface area contributed by atoms with E-state index in [1.165, 1.54) is 4.31 Å². The third-order valence-corrected chi connectivity index (χ3v) is 6.99. The predicted octanol–water partition coefficient (Wildman–Crippen LogP) is 1.91. The molecule has 1 heterocycles. The summed E-state index contributed by atoms with van der Waals surface area (Å²) in [5.74, 6) is 0.0937. The van der Waals surface area contributed by atoms with Crippen molar-refractivity contribution in [2.75, 3.05) is 38.5 Å². The predicted molar refractivity (Wildman–Crippen MR) is 112 cm³/mol. The van der Waals surface area contributed by atoms with E-state index in [0.717, 1.165) is 25.1 Å². The van der Waals surface area contributed by atoms with E-state index in [1.807, 2.05) is 30.3 Å². The number of carbonyl (C=O) groups is 1. The lowest BCUT2D eigenvalue weighted by Crippen LogP contribution is -2.53. The van der Waals surface area contributed by atoms with Gasteiger partial charge >= 0.3 is 0 Å². The quantitative estimate of drug-likeness (QED) is 0.601. The van der Waals surface area contributed by atoms with Gasteiger partial charge in [-0.2, -0.15) is 0 Å². The van der Waals surface area contributed by atoms with Crippen molar-refractivity contribution < 1.29 is 13.2 Å². The van der Waals surface area contributed by atoms with Crippen molar-refractivity contribution in [1.29, 1.82) is 0 Å². The zero-order valence-electron chi connectivity index (χ0n) is 16.2. The van der Waals surface area contributed by atoms with Crippen LogP contribution in [0.1, 0.15) is 38.7 Å². The van der Waals surface area contributed by atoms with Gasteiger partial charge in [-0.3, -0.25) is 4.79 Å². The van der Waals surface area contributed by atoms with Crippen LogP contribution in [0.2, 0.25) is 0 Å². The monoisotopic (exact) mass is 417 g/mol. The maximum Gasteiger partial charge on any atom is 0.230 e. The average Bonchev–Trinajstić information content (AvgIpc) is 2.68. The van der Waals surface area contributed by atoms with Crippen LogP contribution in [0.3, 0.4) is 0 Å². The molecule has 27 heavy (non-hydrogen) atoms. The summed E-state index contributed by atoms with van der Waals surface area (Å²) in [6, 6.07) is 9.74. The molecule has 154 valence electrons. The molecule has 1 amide bonds. The van der Waals surface area contributed by atoms with Crippen molar-refractivity contribution in [1.82, 2.24) is 14.9 Å². The molecular formula is C19H32ClN3O3S. The molecule has 1 aliphatic rings. The van der Waals surface area contributed by atoms with Crippen molar-refractivity contribution >= 4 is 28.3 Å². The van der Waals surface area contributed by atoms with Crippen LogP contribution < -0.4 is 10.6 Å². The highest BCUT2D eigenvalue weighted by Gasteiger charge is 2.44. The van der Waals surface area contributed by atoms with Gasteiger partial charge in [0.05, 0.1) is 11.2 Å². The van der Waals surface area contributed by atoms with Crippen LogP contribution in [-0.4, -0.2) is 57.1 Å². The van der Waals surface area contributed by atoms with E-state index in [0.29, 0.717) is 32.5 Å². The number of hydrogen-bond acceptors (Lipinski definition) is 4. The Balaban J connectivity index is 0.00000364. The summed E-state index contributed by atoms with van der Waals surface area (Å²) in [4.78, 5) is 13.1. The summed E-state index contributed by atoms with van der Waals surface area (Å²) in [6.45, 7) is 6.77. The van der Waals surface area contributed by atoms with Crippen molar-refractivity contribution in [2.45, 2.75) is 38.5 Å². The highest BCUT2D eigenvalue weighted by Crippen LogP contribution is 2.36. The van der Waals surface area contributed by atoms with E-state index in [4.69, 9.17) is 0 Å². The van der Waals surface area contributed by atoms with Crippen LogP contribution in [0, 0.1) is 0 Å². The molecule has 0 atom stereocenters. The number of amides is 1. The maximum absolute atomic E-state index is 13.1. The minimum atomic E-state index is -3.21. The molecule has 0 bridgehead atoms. The largest absolute Gasteiger partial charge is 0.354 e. The Morgan fingerprint density at radius 2 is 1.70 bits per heavy atom.